The van der Waals surface area contributed by atoms with E-state index in [-0.39, 0.29) is 6.10 Å². The molecule has 0 aromatic rings. The lowest BCUT2D eigenvalue weighted by Crippen LogP contribution is -2.47. The van der Waals surface area contributed by atoms with E-state index in [1.54, 1.807) is 0 Å². The molecule has 124 valence electrons. The van der Waals surface area contributed by atoms with Crippen LogP contribution in [0.1, 0.15) is 52.4 Å². The number of piperidine rings is 1. The molecule has 4 nitrogen and oxygen atoms in total. The van der Waals surface area contributed by atoms with Crippen molar-refractivity contribution in [2.75, 3.05) is 26.7 Å². The number of rotatable bonds is 6. The standard InChI is InChI=1S/C17H34N2O2/c1-13-5-4-6-17(9-13)21-12-16(20)11-18-15-7-8-19(3)14(2)10-15/h13-18,20H,4-12H2,1-3H3. The molecule has 2 rings (SSSR count). The van der Waals surface area contributed by atoms with E-state index in [0.717, 1.165) is 25.3 Å². The van der Waals surface area contributed by atoms with Crippen molar-refractivity contribution < 1.29 is 9.84 Å². The van der Waals surface area contributed by atoms with Crippen molar-refractivity contribution in [3.8, 4) is 0 Å². The molecule has 1 heterocycles. The third kappa shape index (κ3) is 5.85. The lowest BCUT2D eigenvalue weighted by Gasteiger charge is -2.36. The molecule has 0 amide bonds. The first-order chi connectivity index (χ1) is 10.0. The molecule has 1 aliphatic heterocycles. The second-order valence-corrected chi connectivity index (χ2v) is 7.34. The van der Waals surface area contributed by atoms with Crippen LogP contribution >= 0.6 is 0 Å². The summed E-state index contributed by atoms with van der Waals surface area (Å²) in [6.07, 6.45) is 7.26. The van der Waals surface area contributed by atoms with E-state index in [1.165, 1.54) is 25.7 Å². The van der Waals surface area contributed by atoms with Gasteiger partial charge in [0.05, 0.1) is 18.8 Å². The van der Waals surface area contributed by atoms with Crippen molar-refractivity contribution in [2.45, 2.75) is 76.7 Å². The number of nitrogens with zero attached hydrogens (tertiary/aromatic N) is 1. The first kappa shape index (κ1) is 17.2. The number of hydrogen-bond acceptors (Lipinski definition) is 4. The van der Waals surface area contributed by atoms with Crippen LogP contribution in [0.15, 0.2) is 0 Å². The molecule has 0 radical (unpaired) electrons. The molecule has 0 aromatic heterocycles. The highest BCUT2D eigenvalue weighted by Crippen LogP contribution is 2.25. The van der Waals surface area contributed by atoms with E-state index in [0.29, 0.717) is 31.3 Å². The molecule has 0 spiro atoms. The van der Waals surface area contributed by atoms with Crippen LogP contribution in [0.25, 0.3) is 0 Å². The first-order valence-electron chi connectivity index (χ1n) is 8.78. The summed E-state index contributed by atoms with van der Waals surface area (Å²) < 4.78 is 5.89. The van der Waals surface area contributed by atoms with Gasteiger partial charge in [-0.25, -0.2) is 0 Å². The number of hydrogen-bond donors (Lipinski definition) is 2. The second kappa shape index (κ2) is 8.47. The van der Waals surface area contributed by atoms with E-state index in [2.05, 4.69) is 31.1 Å². The van der Waals surface area contributed by atoms with Gasteiger partial charge in [-0.15, -0.1) is 0 Å². The largest absolute Gasteiger partial charge is 0.389 e. The SMILES string of the molecule is CC1CCCC(OCC(O)CNC2CCN(C)C(C)C2)C1. The van der Waals surface area contributed by atoms with Crippen molar-refractivity contribution in [1.29, 1.82) is 0 Å². The van der Waals surface area contributed by atoms with Crippen molar-refractivity contribution in [3.63, 3.8) is 0 Å². The molecule has 1 saturated carbocycles. The minimum absolute atomic E-state index is 0.367. The van der Waals surface area contributed by atoms with Gasteiger partial charge in [-0.1, -0.05) is 19.8 Å². The minimum atomic E-state index is -0.378. The molecule has 2 N–H and O–H groups in total. The Morgan fingerprint density at radius 2 is 2.05 bits per heavy atom. The Morgan fingerprint density at radius 1 is 1.24 bits per heavy atom. The summed E-state index contributed by atoms with van der Waals surface area (Å²) in [6, 6.07) is 1.17. The highest BCUT2D eigenvalue weighted by atomic mass is 16.5. The second-order valence-electron chi connectivity index (χ2n) is 7.34. The van der Waals surface area contributed by atoms with E-state index in [9.17, 15) is 5.11 Å². The fourth-order valence-corrected chi connectivity index (χ4v) is 3.61. The number of aliphatic hydroxyl groups excluding tert-OH is 1. The summed E-state index contributed by atoms with van der Waals surface area (Å²) in [4.78, 5) is 2.40. The molecule has 2 fully saturated rings. The Hall–Kier alpha value is -0.160. The zero-order valence-electron chi connectivity index (χ0n) is 14.1. The fraction of sp³-hybridized carbons (Fsp3) is 1.00. The Bertz CT molecular complexity index is 301. The van der Waals surface area contributed by atoms with Crippen LogP contribution in [0.3, 0.4) is 0 Å². The molecule has 5 unspecified atom stereocenters. The van der Waals surface area contributed by atoms with Crippen LogP contribution in [-0.4, -0.2) is 61.0 Å². The molecule has 2 aliphatic rings. The normalized spacial score (nSPS) is 36.6. The van der Waals surface area contributed by atoms with E-state index in [1.807, 2.05) is 0 Å². The molecule has 21 heavy (non-hydrogen) atoms. The van der Waals surface area contributed by atoms with Crippen LogP contribution in [-0.2, 0) is 4.74 Å². The summed E-state index contributed by atoms with van der Waals surface area (Å²) in [6.45, 7) is 6.85. The zero-order valence-corrected chi connectivity index (χ0v) is 14.1. The van der Waals surface area contributed by atoms with Gasteiger partial charge in [0, 0.05) is 18.6 Å². The summed E-state index contributed by atoms with van der Waals surface area (Å²) in [5.74, 6) is 0.778. The Labute approximate surface area is 130 Å². The van der Waals surface area contributed by atoms with Crippen molar-refractivity contribution in [2.24, 2.45) is 5.92 Å². The number of likely N-dealkylation sites (tertiary alicyclic amines) is 1. The van der Waals surface area contributed by atoms with E-state index in [4.69, 9.17) is 4.74 Å². The van der Waals surface area contributed by atoms with Gasteiger partial charge < -0.3 is 20.1 Å². The quantitative estimate of drug-likeness (QED) is 0.787. The molecule has 0 aromatic carbocycles. The highest BCUT2D eigenvalue weighted by molar-refractivity contribution is 4.82. The Balaban J connectivity index is 1.58. The van der Waals surface area contributed by atoms with Gasteiger partial charge in [-0.05, 0) is 52.1 Å². The molecular formula is C17H34N2O2. The molecule has 4 heteroatoms. The van der Waals surface area contributed by atoms with E-state index < -0.39 is 0 Å². The molecule has 5 atom stereocenters. The Kier molecular flexibility index (Phi) is 6.93. The third-order valence-corrected chi connectivity index (χ3v) is 5.26. The van der Waals surface area contributed by atoms with Crippen LogP contribution < -0.4 is 5.32 Å². The smallest absolute Gasteiger partial charge is 0.0897 e. The maximum Gasteiger partial charge on any atom is 0.0897 e. The van der Waals surface area contributed by atoms with Gasteiger partial charge >= 0.3 is 0 Å². The lowest BCUT2D eigenvalue weighted by molar-refractivity contribution is -0.0317. The summed E-state index contributed by atoms with van der Waals surface area (Å²) in [5.41, 5.74) is 0. The summed E-state index contributed by atoms with van der Waals surface area (Å²) in [5, 5.41) is 13.6. The monoisotopic (exact) mass is 298 g/mol. The molecular weight excluding hydrogens is 264 g/mol. The average molecular weight is 298 g/mol. The Morgan fingerprint density at radius 3 is 2.76 bits per heavy atom. The van der Waals surface area contributed by atoms with Crippen LogP contribution in [0.4, 0.5) is 0 Å². The van der Waals surface area contributed by atoms with Gasteiger partial charge in [0.2, 0.25) is 0 Å². The zero-order chi connectivity index (χ0) is 15.2. The number of aliphatic hydroxyl groups is 1. The fourth-order valence-electron chi connectivity index (χ4n) is 3.61. The predicted octanol–water partition coefficient (Wildman–Crippen LogP) is 2.01. The summed E-state index contributed by atoms with van der Waals surface area (Å²) in [7, 11) is 2.19. The number of ether oxygens (including phenoxy) is 1. The van der Waals surface area contributed by atoms with Crippen LogP contribution in [0.5, 0.6) is 0 Å². The van der Waals surface area contributed by atoms with Gasteiger partial charge in [0.15, 0.2) is 0 Å². The highest BCUT2D eigenvalue weighted by Gasteiger charge is 2.23. The van der Waals surface area contributed by atoms with Crippen LogP contribution in [0, 0.1) is 5.92 Å². The maximum atomic E-state index is 10.1. The minimum Gasteiger partial charge on any atom is -0.389 e. The molecule has 1 aliphatic carbocycles. The van der Waals surface area contributed by atoms with Gasteiger partial charge in [0.25, 0.3) is 0 Å². The lowest BCUT2D eigenvalue weighted by atomic mass is 9.89. The topological polar surface area (TPSA) is 44.7 Å². The molecule has 0 bridgehead atoms. The van der Waals surface area contributed by atoms with Gasteiger partial charge in [0.1, 0.15) is 0 Å². The van der Waals surface area contributed by atoms with Gasteiger partial charge in [-0.3, -0.25) is 0 Å². The third-order valence-electron chi connectivity index (χ3n) is 5.26. The van der Waals surface area contributed by atoms with E-state index >= 15 is 0 Å². The summed E-state index contributed by atoms with van der Waals surface area (Å²) >= 11 is 0. The van der Waals surface area contributed by atoms with Crippen molar-refractivity contribution in [3.05, 3.63) is 0 Å². The maximum absolute atomic E-state index is 10.1. The van der Waals surface area contributed by atoms with Crippen LogP contribution in [0.2, 0.25) is 0 Å². The first-order valence-corrected chi connectivity index (χ1v) is 8.78. The predicted molar refractivity (Wildman–Crippen MR) is 86.5 cm³/mol. The van der Waals surface area contributed by atoms with Gasteiger partial charge in [-0.2, -0.15) is 0 Å². The number of nitrogens with one attached hydrogen (secondary N) is 1. The average Bonchev–Trinajstić information content (AvgIpc) is 2.46. The van der Waals surface area contributed by atoms with Crippen molar-refractivity contribution >= 4 is 0 Å². The van der Waals surface area contributed by atoms with Crippen molar-refractivity contribution in [1.82, 2.24) is 10.2 Å². The molecule has 1 saturated heterocycles.